The van der Waals surface area contributed by atoms with Crippen molar-refractivity contribution in [1.82, 2.24) is 4.57 Å². The molecule has 1 saturated carbocycles. The highest BCUT2D eigenvalue weighted by atomic mass is 19.1. The van der Waals surface area contributed by atoms with Gasteiger partial charge in [0.1, 0.15) is 11.4 Å². The summed E-state index contributed by atoms with van der Waals surface area (Å²) < 4.78 is 14.9. The van der Waals surface area contributed by atoms with Crippen LogP contribution in [0.1, 0.15) is 40.5 Å². The number of anilines is 1. The SMILES string of the molecule is Cc1cc(C)n(C2CC2)c(=O)c1C(=O)Nc1cccc(F)c1. The van der Waals surface area contributed by atoms with E-state index in [0.717, 1.165) is 18.5 Å². The smallest absolute Gasteiger partial charge is 0.264 e. The fraction of sp³-hybridized carbons (Fsp3) is 0.294. The van der Waals surface area contributed by atoms with E-state index in [2.05, 4.69) is 5.32 Å². The minimum Gasteiger partial charge on any atom is -0.322 e. The molecule has 3 rings (SSSR count). The summed E-state index contributed by atoms with van der Waals surface area (Å²) in [6, 6.07) is 7.67. The average molecular weight is 300 g/mol. The van der Waals surface area contributed by atoms with Gasteiger partial charge in [0.15, 0.2) is 0 Å². The molecule has 1 heterocycles. The van der Waals surface area contributed by atoms with Crippen molar-refractivity contribution in [1.29, 1.82) is 0 Å². The van der Waals surface area contributed by atoms with Gasteiger partial charge < -0.3 is 9.88 Å². The number of amides is 1. The van der Waals surface area contributed by atoms with Gasteiger partial charge in [-0.15, -0.1) is 0 Å². The highest BCUT2D eigenvalue weighted by molar-refractivity contribution is 6.05. The molecule has 22 heavy (non-hydrogen) atoms. The lowest BCUT2D eigenvalue weighted by Gasteiger charge is -2.14. The van der Waals surface area contributed by atoms with E-state index in [0.29, 0.717) is 11.3 Å². The molecule has 2 aromatic rings. The third-order valence-corrected chi connectivity index (χ3v) is 3.85. The summed E-state index contributed by atoms with van der Waals surface area (Å²) in [6.45, 7) is 3.62. The van der Waals surface area contributed by atoms with Gasteiger partial charge in [-0.3, -0.25) is 9.59 Å². The molecule has 1 aliphatic rings. The van der Waals surface area contributed by atoms with Crippen molar-refractivity contribution >= 4 is 11.6 Å². The fourth-order valence-corrected chi connectivity index (χ4v) is 2.73. The highest BCUT2D eigenvalue weighted by Gasteiger charge is 2.28. The molecule has 1 amide bonds. The largest absolute Gasteiger partial charge is 0.322 e. The van der Waals surface area contributed by atoms with Crippen LogP contribution in [-0.2, 0) is 0 Å². The van der Waals surface area contributed by atoms with E-state index in [1.54, 1.807) is 17.6 Å². The van der Waals surface area contributed by atoms with Crippen molar-refractivity contribution in [2.45, 2.75) is 32.7 Å². The van der Waals surface area contributed by atoms with Gasteiger partial charge in [0.25, 0.3) is 11.5 Å². The van der Waals surface area contributed by atoms with Crippen LogP contribution in [0, 0.1) is 19.7 Å². The van der Waals surface area contributed by atoms with Crippen LogP contribution < -0.4 is 10.9 Å². The number of aromatic nitrogens is 1. The van der Waals surface area contributed by atoms with Gasteiger partial charge in [-0.2, -0.15) is 0 Å². The molecule has 4 nitrogen and oxygen atoms in total. The Morgan fingerprint density at radius 3 is 2.64 bits per heavy atom. The van der Waals surface area contributed by atoms with Gasteiger partial charge in [-0.25, -0.2) is 4.39 Å². The summed E-state index contributed by atoms with van der Waals surface area (Å²) in [5, 5.41) is 2.59. The maximum atomic E-state index is 13.2. The molecule has 1 aliphatic carbocycles. The molecule has 5 heteroatoms. The maximum absolute atomic E-state index is 13.2. The molecule has 0 spiro atoms. The quantitative estimate of drug-likeness (QED) is 0.946. The normalized spacial score (nSPS) is 14.0. The van der Waals surface area contributed by atoms with Crippen LogP contribution in [0.3, 0.4) is 0 Å². The monoisotopic (exact) mass is 300 g/mol. The number of carbonyl (C=O) groups is 1. The van der Waals surface area contributed by atoms with Gasteiger partial charge in [0, 0.05) is 17.4 Å². The summed E-state index contributed by atoms with van der Waals surface area (Å²) in [5.74, 6) is -0.934. The predicted octanol–water partition coefficient (Wildman–Crippen LogP) is 3.19. The summed E-state index contributed by atoms with van der Waals surface area (Å²) in [7, 11) is 0. The van der Waals surface area contributed by atoms with E-state index in [1.165, 1.54) is 18.2 Å². The topological polar surface area (TPSA) is 51.1 Å². The molecule has 1 aromatic carbocycles. The highest BCUT2D eigenvalue weighted by Crippen LogP contribution is 2.34. The molecule has 1 aromatic heterocycles. The lowest BCUT2D eigenvalue weighted by Crippen LogP contribution is -2.31. The van der Waals surface area contributed by atoms with Crippen molar-refractivity contribution in [3.63, 3.8) is 0 Å². The number of benzene rings is 1. The molecule has 0 radical (unpaired) electrons. The van der Waals surface area contributed by atoms with Crippen LogP contribution in [0.25, 0.3) is 0 Å². The van der Waals surface area contributed by atoms with Crippen molar-refractivity contribution in [2.75, 3.05) is 5.32 Å². The molecule has 0 bridgehead atoms. The Hall–Kier alpha value is -2.43. The number of rotatable bonds is 3. The lowest BCUT2D eigenvalue weighted by atomic mass is 10.1. The number of carbonyl (C=O) groups excluding carboxylic acids is 1. The van der Waals surface area contributed by atoms with Crippen LogP contribution in [0.2, 0.25) is 0 Å². The molecular formula is C17H17FN2O2. The Balaban J connectivity index is 1.99. The summed E-state index contributed by atoms with van der Waals surface area (Å²) in [5.41, 5.74) is 1.69. The van der Waals surface area contributed by atoms with Crippen LogP contribution >= 0.6 is 0 Å². The number of aryl methyl sites for hydroxylation is 2. The van der Waals surface area contributed by atoms with E-state index in [-0.39, 0.29) is 17.2 Å². The molecule has 0 saturated heterocycles. The van der Waals surface area contributed by atoms with Gasteiger partial charge in [0.2, 0.25) is 0 Å². The zero-order chi connectivity index (χ0) is 15.9. The standard InChI is InChI=1S/C17H17FN2O2/c1-10-8-11(2)20(14-6-7-14)17(22)15(10)16(21)19-13-5-3-4-12(18)9-13/h3-5,8-9,14H,6-7H2,1-2H3,(H,19,21). The molecule has 1 N–H and O–H groups in total. The number of nitrogens with one attached hydrogen (secondary N) is 1. The molecule has 0 unspecified atom stereocenters. The van der Waals surface area contributed by atoms with Crippen LogP contribution in [0.4, 0.5) is 10.1 Å². The van der Waals surface area contributed by atoms with Crippen LogP contribution in [0.15, 0.2) is 35.1 Å². The fourth-order valence-electron chi connectivity index (χ4n) is 2.73. The predicted molar refractivity (Wildman–Crippen MR) is 82.8 cm³/mol. The van der Waals surface area contributed by atoms with Crippen molar-refractivity contribution < 1.29 is 9.18 Å². The Kier molecular flexibility index (Phi) is 3.56. The molecule has 114 valence electrons. The van der Waals surface area contributed by atoms with Crippen LogP contribution in [0.5, 0.6) is 0 Å². The molecule has 0 aliphatic heterocycles. The summed E-state index contributed by atoms with van der Waals surface area (Å²) in [4.78, 5) is 25.0. The summed E-state index contributed by atoms with van der Waals surface area (Å²) in [6.07, 6.45) is 1.93. The first-order valence-electron chi connectivity index (χ1n) is 7.27. The number of halogens is 1. The second-order valence-electron chi connectivity index (χ2n) is 5.71. The van der Waals surface area contributed by atoms with Crippen molar-refractivity contribution in [2.24, 2.45) is 0 Å². The Labute approximate surface area is 127 Å². The zero-order valence-electron chi connectivity index (χ0n) is 12.5. The lowest BCUT2D eigenvalue weighted by molar-refractivity contribution is 0.102. The van der Waals surface area contributed by atoms with Gasteiger partial charge in [0.05, 0.1) is 0 Å². The maximum Gasteiger partial charge on any atom is 0.264 e. The average Bonchev–Trinajstić information content (AvgIpc) is 3.22. The second kappa shape index (κ2) is 5.40. The van der Waals surface area contributed by atoms with Crippen molar-refractivity contribution in [3.8, 4) is 0 Å². The van der Waals surface area contributed by atoms with Gasteiger partial charge in [-0.05, 0) is 56.5 Å². The number of pyridine rings is 1. The van der Waals surface area contributed by atoms with E-state index < -0.39 is 11.7 Å². The Morgan fingerprint density at radius 2 is 2.00 bits per heavy atom. The molecule has 0 atom stereocenters. The molecule has 1 fully saturated rings. The number of hydrogen-bond donors (Lipinski definition) is 1. The van der Waals surface area contributed by atoms with E-state index in [1.807, 2.05) is 13.0 Å². The van der Waals surface area contributed by atoms with E-state index in [9.17, 15) is 14.0 Å². The van der Waals surface area contributed by atoms with Gasteiger partial charge in [-0.1, -0.05) is 6.07 Å². The third-order valence-electron chi connectivity index (χ3n) is 3.85. The van der Waals surface area contributed by atoms with Crippen molar-refractivity contribution in [3.05, 3.63) is 63.3 Å². The van der Waals surface area contributed by atoms with E-state index >= 15 is 0 Å². The Bertz CT molecular complexity index is 807. The second-order valence-corrected chi connectivity index (χ2v) is 5.71. The first kappa shape index (κ1) is 14.5. The molecular weight excluding hydrogens is 283 g/mol. The van der Waals surface area contributed by atoms with Crippen LogP contribution in [-0.4, -0.2) is 10.5 Å². The minimum atomic E-state index is -0.498. The Morgan fingerprint density at radius 1 is 1.27 bits per heavy atom. The minimum absolute atomic E-state index is 0.127. The summed E-state index contributed by atoms with van der Waals surface area (Å²) >= 11 is 0. The number of hydrogen-bond acceptors (Lipinski definition) is 2. The van der Waals surface area contributed by atoms with Gasteiger partial charge >= 0.3 is 0 Å². The van der Waals surface area contributed by atoms with E-state index in [4.69, 9.17) is 0 Å². The zero-order valence-corrected chi connectivity index (χ0v) is 12.5. The first-order valence-corrected chi connectivity index (χ1v) is 7.27. The third kappa shape index (κ3) is 2.66. The number of nitrogens with zero attached hydrogens (tertiary/aromatic N) is 1. The first-order chi connectivity index (χ1) is 10.5.